The summed E-state index contributed by atoms with van der Waals surface area (Å²) < 4.78 is 16.7. The number of hydrogen-bond acceptors (Lipinski definition) is 7. The highest BCUT2D eigenvalue weighted by Gasteiger charge is 2.42. The minimum Gasteiger partial charge on any atom is -0.497 e. The Labute approximate surface area is 196 Å². The van der Waals surface area contributed by atoms with Gasteiger partial charge in [0.2, 0.25) is 0 Å². The number of anilines is 2. The van der Waals surface area contributed by atoms with Crippen LogP contribution in [0, 0.1) is 0 Å². The van der Waals surface area contributed by atoms with Gasteiger partial charge in [-0.2, -0.15) is 0 Å². The minimum atomic E-state index is -0.479. The molecular formula is C25H24N2O5S. The summed E-state index contributed by atoms with van der Waals surface area (Å²) in [5, 5.41) is 5.01. The first-order valence-corrected chi connectivity index (χ1v) is 11.2. The van der Waals surface area contributed by atoms with Gasteiger partial charge in [-0.15, -0.1) is 11.3 Å². The number of para-hydroxylation sites is 2. The van der Waals surface area contributed by atoms with Crippen LogP contribution in [0.15, 0.2) is 65.7 Å². The lowest BCUT2D eigenvalue weighted by molar-refractivity contribution is -0.120. The summed E-state index contributed by atoms with van der Waals surface area (Å²) in [5.41, 5.74) is 1.35. The molecule has 0 spiro atoms. The lowest BCUT2D eigenvalue weighted by Gasteiger charge is -2.20. The summed E-state index contributed by atoms with van der Waals surface area (Å²) in [6.07, 6.45) is -0.123. The minimum absolute atomic E-state index is 0.123. The number of rotatable bonds is 8. The number of carbonyl (C=O) groups is 2. The molecule has 33 heavy (non-hydrogen) atoms. The van der Waals surface area contributed by atoms with E-state index in [0.717, 1.165) is 4.90 Å². The number of thiophene rings is 1. The number of methoxy groups -OCH3 is 2. The molecule has 0 saturated carbocycles. The van der Waals surface area contributed by atoms with E-state index in [1.807, 2.05) is 31.4 Å². The highest BCUT2D eigenvalue weighted by atomic mass is 32.1. The standard InChI is InChI=1S/C25H24N2O5S/c1-15(2)32-20-9-6-5-8-18(20)27-24(28)22(21-10-7-13-33-21)23(25(27)29)26-17-14-16(30-3)11-12-19(17)31-4/h5-15,26H,1-4H3. The molecule has 8 heteroatoms. The molecule has 2 aromatic carbocycles. The third-order valence-electron chi connectivity index (χ3n) is 4.99. The van der Waals surface area contributed by atoms with Crippen LogP contribution >= 0.6 is 11.3 Å². The highest BCUT2D eigenvalue weighted by molar-refractivity contribution is 7.11. The average molecular weight is 465 g/mol. The van der Waals surface area contributed by atoms with Gasteiger partial charge in [0, 0.05) is 10.9 Å². The largest absolute Gasteiger partial charge is 0.497 e. The molecule has 0 fully saturated rings. The van der Waals surface area contributed by atoms with Crippen molar-refractivity contribution in [3.05, 3.63) is 70.6 Å². The SMILES string of the molecule is COc1ccc(OC)c(NC2=C(c3cccs3)C(=O)N(c3ccccc3OC(C)C)C2=O)c1. The van der Waals surface area contributed by atoms with E-state index in [1.54, 1.807) is 49.6 Å². The number of hydrogen-bond donors (Lipinski definition) is 1. The Hall–Kier alpha value is -3.78. The van der Waals surface area contributed by atoms with Gasteiger partial charge in [0.05, 0.1) is 37.3 Å². The molecule has 0 unspecified atom stereocenters. The molecule has 4 rings (SSSR count). The summed E-state index contributed by atoms with van der Waals surface area (Å²) >= 11 is 1.39. The van der Waals surface area contributed by atoms with Gasteiger partial charge < -0.3 is 19.5 Å². The van der Waals surface area contributed by atoms with Gasteiger partial charge in [-0.25, -0.2) is 4.90 Å². The number of ether oxygens (including phenoxy) is 3. The molecule has 7 nitrogen and oxygen atoms in total. The van der Waals surface area contributed by atoms with Gasteiger partial charge in [0.25, 0.3) is 11.8 Å². The zero-order chi connectivity index (χ0) is 23.5. The number of nitrogens with zero attached hydrogens (tertiary/aromatic N) is 1. The van der Waals surface area contributed by atoms with Crippen molar-refractivity contribution < 1.29 is 23.8 Å². The Bertz CT molecular complexity index is 1220. The van der Waals surface area contributed by atoms with Crippen molar-refractivity contribution in [1.82, 2.24) is 0 Å². The van der Waals surface area contributed by atoms with Crippen LogP contribution in [0.4, 0.5) is 11.4 Å². The van der Waals surface area contributed by atoms with E-state index >= 15 is 0 Å². The van der Waals surface area contributed by atoms with E-state index < -0.39 is 11.8 Å². The number of carbonyl (C=O) groups excluding carboxylic acids is 2. The third-order valence-corrected chi connectivity index (χ3v) is 5.87. The van der Waals surface area contributed by atoms with Crippen LogP contribution in [0.5, 0.6) is 17.2 Å². The molecular weight excluding hydrogens is 440 g/mol. The molecule has 0 atom stereocenters. The van der Waals surface area contributed by atoms with E-state index in [2.05, 4.69) is 5.32 Å². The molecule has 2 heterocycles. The van der Waals surface area contributed by atoms with Crippen molar-refractivity contribution in [2.75, 3.05) is 24.4 Å². The molecule has 2 amide bonds. The molecule has 1 aromatic heterocycles. The van der Waals surface area contributed by atoms with Gasteiger partial charge in [-0.1, -0.05) is 18.2 Å². The lowest BCUT2D eigenvalue weighted by atomic mass is 10.1. The Morgan fingerprint density at radius 2 is 1.70 bits per heavy atom. The van der Waals surface area contributed by atoms with Gasteiger partial charge in [0.15, 0.2) is 0 Å². The van der Waals surface area contributed by atoms with E-state index in [0.29, 0.717) is 39.1 Å². The fourth-order valence-electron chi connectivity index (χ4n) is 3.56. The first kappa shape index (κ1) is 22.4. The Morgan fingerprint density at radius 1 is 0.909 bits per heavy atom. The molecule has 1 N–H and O–H groups in total. The summed E-state index contributed by atoms with van der Waals surface area (Å²) in [7, 11) is 3.09. The smallest absolute Gasteiger partial charge is 0.282 e. The van der Waals surface area contributed by atoms with Crippen molar-refractivity contribution in [2.45, 2.75) is 20.0 Å². The zero-order valence-corrected chi connectivity index (χ0v) is 19.6. The van der Waals surface area contributed by atoms with Crippen LogP contribution in [-0.4, -0.2) is 32.1 Å². The van der Waals surface area contributed by atoms with Crippen molar-refractivity contribution in [3.8, 4) is 17.2 Å². The molecule has 1 aliphatic heterocycles. The maximum Gasteiger partial charge on any atom is 0.282 e. The average Bonchev–Trinajstić information content (AvgIpc) is 3.41. The predicted octanol–water partition coefficient (Wildman–Crippen LogP) is 4.95. The Morgan fingerprint density at radius 3 is 2.36 bits per heavy atom. The first-order valence-electron chi connectivity index (χ1n) is 10.4. The van der Waals surface area contributed by atoms with Crippen molar-refractivity contribution in [1.29, 1.82) is 0 Å². The van der Waals surface area contributed by atoms with Crippen LogP contribution < -0.4 is 24.4 Å². The highest BCUT2D eigenvalue weighted by Crippen LogP contribution is 2.40. The van der Waals surface area contributed by atoms with Gasteiger partial charge in [-0.3, -0.25) is 9.59 Å². The molecule has 1 aliphatic rings. The number of imide groups is 1. The van der Waals surface area contributed by atoms with E-state index in [1.165, 1.54) is 18.4 Å². The van der Waals surface area contributed by atoms with Crippen LogP contribution in [0.25, 0.3) is 5.57 Å². The van der Waals surface area contributed by atoms with E-state index in [4.69, 9.17) is 14.2 Å². The summed E-state index contributed by atoms with van der Waals surface area (Å²) in [6, 6.07) is 15.9. The third kappa shape index (κ3) is 4.29. The fourth-order valence-corrected chi connectivity index (χ4v) is 4.32. The second-order valence-electron chi connectivity index (χ2n) is 7.50. The Balaban J connectivity index is 1.82. The van der Waals surface area contributed by atoms with Crippen LogP contribution in [0.2, 0.25) is 0 Å². The molecule has 0 bridgehead atoms. The second-order valence-corrected chi connectivity index (χ2v) is 8.45. The van der Waals surface area contributed by atoms with Crippen LogP contribution in [0.3, 0.4) is 0 Å². The van der Waals surface area contributed by atoms with Crippen molar-refractivity contribution >= 4 is 40.1 Å². The van der Waals surface area contributed by atoms with Crippen LogP contribution in [-0.2, 0) is 9.59 Å². The first-order chi connectivity index (χ1) is 15.9. The second kappa shape index (κ2) is 9.38. The number of amides is 2. The summed E-state index contributed by atoms with van der Waals surface area (Å²) in [5.74, 6) is 0.650. The maximum atomic E-state index is 13.7. The molecule has 3 aromatic rings. The lowest BCUT2D eigenvalue weighted by Crippen LogP contribution is -2.33. The number of nitrogens with one attached hydrogen (secondary N) is 1. The zero-order valence-electron chi connectivity index (χ0n) is 18.7. The topological polar surface area (TPSA) is 77.1 Å². The fraction of sp³-hybridized carbons (Fsp3) is 0.200. The maximum absolute atomic E-state index is 13.7. The van der Waals surface area contributed by atoms with E-state index in [9.17, 15) is 9.59 Å². The van der Waals surface area contributed by atoms with E-state index in [-0.39, 0.29) is 11.8 Å². The van der Waals surface area contributed by atoms with Crippen molar-refractivity contribution in [3.63, 3.8) is 0 Å². The molecule has 0 aliphatic carbocycles. The Kier molecular flexibility index (Phi) is 6.37. The monoisotopic (exact) mass is 464 g/mol. The molecule has 0 saturated heterocycles. The van der Waals surface area contributed by atoms with Crippen LogP contribution in [0.1, 0.15) is 18.7 Å². The predicted molar refractivity (Wildman–Crippen MR) is 129 cm³/mol. The number of benzene rings is 2. The van der Waals surface area contributed by atoms with Gasteiger partial charge in [0.1, 0.15) is 22.9 Å². The van der Waals surface area contributed by atoms with Gasteiger partial charge >= 0.3 is 0 Å². The normalized spacial score (nSPS) is 13.7. The van der Waals surface area contributed by atoms with Crippen molar-refractivity contribution in [2.24, 2.45) is 0 Å². The molecule has 170 valence electrons. The quantitative estimate of drug-likeness (QED) is 0.476. The summed E-state index contributed by atoms with van der Waals surface area (Å²) in [6.45, 7) is 3.78. The molecule has 0 radical (unpaired) electrons. The van der Waals surface area contributed by atoms with Gasteiger partial charge in [-0.05, 0) is 49.6 Å². The summed E-state index contributed by atoms with van der Waals surface area (Å²) in [4.78, 5) is 29.2.